The lowest BCUT2D eigenvalue weighted by atomic mass is 9.96. The Bertz CT molecular complexity index is 832. The van der Waals surface area contributed by atoms with E-state index < -0.39 is 0 Å². The van der Waals surface area contributed by atoms with Gasteiger partial charge in [-0.3, -0.25) is 9.59 Å². The van der Waals surface area contributed by atoms with Gasteiger partial charge < -0.3 is 20.4 Å². The van der Waals surface area contributed by atoms with Crippen LogP contribution in [-0.4, -0.2) is 37.1 Å². The third kappa shape index (κ3) is 2.85. The molecule has 3 N–H and O–H groups in total. The molecule has 0 saturated carbocycles. The smallest absolute Gasteiger partial charge is 0.250 e. The molecule has 0 saturated heterocycles. The zero-order valence-corrected chi connectivity index (χ0v) is 14.8. The summed E-state index contributed by atoms with van der Waals surface area (Å²) >= 11 is 12.5. The Balaban J connectivity index is 2.24. The average Bonchev–Trinajstić information content (AvgIpc) is 2.85. The molecule has 1 unspecified atom stereocenters. The topological polar surface area (TPSA) is 83.2 Å². The van der Waals surface area contributed by atoms with Crippen LogP contribution in [0.5, 0.6) is 0 Å². The highest BCUT2D eigenvalue weighted by Gasteiger charge is 2.28. The Labute approximate surface area is 148 Å². The number of benzene rings is 1. The van der Waals surface area contributed by atoms with Crippen LogP contribution in [0.25, 0.3) is 10.9 Å². The molecule has 0 aliphatic carbocycles. The molecule has 2 heterocycles. The number of halogens is 2. The van der Waals surface area contributed by atoms with Crippen LogP contribution in [0.2, 0.25) is 10.0 Å². The van der Waals surface area contributed by atoms with E-state index in [4.69, 9.17) is 27.9 Å². The second kappa shape index (κ2) is 6.63. The van der Waals surface area contributed by atoms with Gasteiger partial charge >= 0.3 is 0 Å². The van der Waals surface area contributed by atoms with Crippen LogP contribution in [0.1, 0.15) is 24.1 Å². The van der Waals surface area contributed by atoms with Gasteiger partial charge in [-0.15, -0.1) is 0 Å². The summed E-state index contributed by atoms with van der Waals surface area (Å²) in [5.74, 6) is -0.737. The van der Waals surface area contributed by atoms with Gasteiger partial charge in [-0.2, -0.15) is 0 Å². The predicted molar refractivity (Wildman–Crippen MR) is 94.0 cm³/mol. The lowest BCUT2D eigenvalue weighted by Crippen LogP contribution is -2.27. The van der Waals surface area contributed by atoms with E-state index in [9.17, 15) is 9.59 Å². The largest absolute Gasteiger partial charge is 0.375 e. The van der Waals surface area contributed by atoms with Gasteiger partial charge in [0, 0.05) is 31.2 Å². The Kier molecular flexibility index (Phi) is 4.71. The second-order valence-electron chi connectivity index (χ2n) is 5.73. The van der Waals surface area contributed by atoms with E-state index >= 15 is 0 Å². The number of hydrogen-bond donors (Lipinski definition) is 3. The van der Waals surface area contributed by atoms with Crippen molar-refractivity contribution in [2.75, 3.05) is 25.6 Å². The number of aromatic amines is 1. The number of aromatic nitrogens is 1. The lowest BCUT2D eigenvalue weighted by molar-refractivity contribution is -0.122. The number of ether oxygens (including phenoxy) is 1. The van der Waals surface area contributed by atoms with Crippen molar-refractivity contribution >= 4 is 51.6 Å². The van der Waals surface area contributed by atoms with Gasteiger partial charge in [0.1, 0.15) is 6.61 Å². The van der Waals surface area contributed by atoms with Crippen LogP contribution < -0.4 is 10.6 Å². The van der Waals surface area contributed by atoms with Crippen LogP contribution in [0.3, 0.4) is 0 Å². The number of carbonyl (C=O) groups excluding carboxylic acids is 2. The monoisotopic (exact) mass is 369 g/mol. The van der Waals surface area contributed by atoms with Crippen LogP contribution in [0.4, 0.5) is 5.69 Å². The van der Waals surface area contributed by atoms with Crippen molar-refractivity contribution in [3.8, 4) is 0 Å². The number of methoxy groups -OCH3 is 1. The Morgan fingerprint density at radius 3 is 2.92 bits per heavy atom. The molecule has 0 fully saturated rings. The van der Waals surface area contributed by atoms with Gasteiger partial charge in [0.2, 0.25) is 11.8 Å². The fraction of sp³-hybridized carbons (Fsp3) is 0.375. The summed E-state index contributed by atoms with van der Waals surface area (Å²) in [5, 5.41) is 7.07. The molecular weight excluding hydrogens is 353 g/mol. The molecule has 1 aliphatic heterocycles. The molecule has 1 atom stereocenters. The van der Waals surface area contributed by atoms with E-state index in [2.05, 4.69) is 15.6 Å². The van der Waals surface area contributed by atoms with E-state index in [0.717, 1.165) is 11.3 Å². The molecule has 6 nitrogen and oxygen atoms in total. The molecular formula is C16H17Cl2N3O3. The average molecular weight is 370 g/mol. The number of anilines is 1. The molecule has 0 radical (unpaired) electrons. The number of carbonyl (C=O) groups is 2. The summed E-state index contributed by atoms with van der Waals surface area (Å²) in [6.45, 7) is 2.29. The van der Waals surface area contributed by atoms with Crippen LogP contribution in [0, 0.1) is 0 Å². The SMILES string of the molecule is COCC(=O)Nc1cc(Cl)c(Cl)c2[nH]c3c(c12)C(C)C(=O)NCC3. The van der Waals surface area contributed by atoms with Crippen molar-refractivity contribution in [2.24, 2.45) is 0 Å². The predicted octanol–water partition coefficient (Wildman–Crippen LogP) is 2.84. The molecule has 0 bridgehead atoms. The molecule has 1 aromatic carbocycles. The second-order valence-corrected chi connectivity index (χ2v) is 6.52. The third-order valence-corrected chi connectivity index (χ3v) is 4.93. The molecule has 1 aliphatic rings. The molecule has 8 heteroatoms. The minimum Gasteiger partial charge on any atom is -0.375 e. The highest BCUT2D eigenvalue weighted by atomic mass is 35.5. The first-order valence-corrected chi connectivity index (χ1v) is 8.28. The van der Waals surface area contributed by atoms with Crippen molar-refractivity contribution in [2.45, 2.75) is 19.3 Å². The van der Waals surface area contributed by atoms with Gasteiger partial charge in [-0.05, 0) is 18.6 Å². The first-order chi connectivity index (χ1) is 11.4. The lowest BCUT2D eigenvalue weighted by Gasteiger charge is -2.13. The zero-order valence-electron chi connectivity index (χ0n) is 13.3. The minimum absolute atomic E-state index is 0.0603. The summed E-state index contributed by atoms with van der Waals surface area (Å²) in [6, 6.07) is 1.60. The Morgan fingerprint density at radius 1 is 1.46 bits per heavy atom. The standard InChI is InChI=1S/C16H17Cl2N3O3/c1-7-12-9(3-4-19-16(7)23)21-15-13(12)10(5-8(17)14(15)18)20-11(22)6-24-2/h5,7,21H,3-4,6H2,1-2H3,(H,19,23)(H,20,22). The molecule has 1 aromatic heterocycles. The van der Waals surface area contributed by atoms with E-state index in [0.29, 0.717) is 39.6 Å². The van der Waals surface area contributed by atoms with E-state index in [1.54, 1.807) is 6.07 Å². The summed E-state index contributed by atoms with van der Waals surface area (Å²) in [4.78, 5) is 27.4. The number of hydrogen-bond acceptors (Lipinski definition) is 3. The molecule has 128 valence electrons. The summed E-state index contributed by atoms with van der Waals surface area (Å²) in [7, 11) is 1.44. The van der Waals surface area contributed by atoms with Crippen LogP contribution in [0.15, 0.2) is 6.07 Å². The van der Waals surface area contributed by atoms with Gasteiger partial charge in [-0.25, -0.2) is 0 Å². The highest BCUT2D eigenvalue weighted by Crippen LogP contribution is 2.42. The normalized spacial score (nSPS) is 17.3. The van der Waals surface area contributed by atoms with E-state index in [-0.39, 0.29) is 24.3 Å². The fourth-order valence-electron chi connectivity index (χ4n) is 3.08. The zero-order chi connectivity index (χ0) is 17.4. The van der Waals surface area contributed by atoms with Crippen molar-refractivity contribution < 1.29 is 14.3 Å². The van der Waals surface area contributed by atoms with Crippen LogP contribution >= 0.6 is 23.2 Å². The summed E-state index contributed by atoms with van der Waals surface area (Å²) in [6.07, 6.45) is 0.652. The molecule has 24 heavy (non-hydrogen) atoms. The summed E-state index contributed by atoms with van der Waals surface area (Å²) in [5.41, 5.74) is 2.90. The number of amides is 2. The van der Waals surface area contributed by atoms with Crippen molar-refractivity contribution in [3.05, 3.63) is 27.4 Å². The molecule has 2 amide bonds. The first-order valence-electron chi connectivity index (χ1n) is 7.53. The molecule has 0 spiro atoms. The number of rotatable bonds is 3. The first kappa shape index (κ1) is 17.1. The maximum absolute atomic E-state index is 12.2. The van der Waals surface area contributed by atoms with Gasteiger partial charge in [0.05, 0.1) is 27.2 Å². The maximum atomic E-state index is 12.2. The number of nitrogens with one attached hydrogen (secondary N) is 3. The van der Waals surface area contributed by atoms with Crippen LogP contribution in [-0.2, 0) is 20.7 Å². The van der Waals surface area contributed by atoms with E-state index in [1.165, 1.54) is 7.11 Å². The number of fused-ring (bicyclic) bond motifs is 3. The fourth-order valence-corrected chi connectivity index (χ4v) is 3.48. The van der Waals surface area contributed by atoms with E-state index in [1.807, 2.05) is 6.92 Å². The number of H-pyrrole nitrogens is 1. The van der Waals surface area contributed by atoms with Gasteiger partial charge in [0.25, 0.3) is 0 Å². The Hall–Kier alpha value is -1.76. The van der Waals surface area contributed by atoms with Gasteiger partial charge in [0.15, 0.2) is 0 Å². The van der Waals surface area contributed by atoms with Crippen molar-refractivity contribution in [3.63, 3.8) is 0 Å². The molecule has 3 rings (SSSR count). The Morgan fingerprint density at radius 2 is 2.21 bits per heavy atom. The van der Waals surface area contributed by atoms with Crippen molar-refractivity contribution in [1.82, 2.24) is 10.3 Å². The maximum Gasteiger partial charge on any atom is 0.250 e. The summed E-state index contributed by atoms with van der Waals surface area (Å²) < 4.78 is 4.85. The van der Waals surface area contributed by atoms with Gasteiger partial charge in [-0.1, -0.05) is 23.2 Å². The highest BCUT2D eigenvalue weighted by molar-refractivity contribution is 6.45. The quantitative estimate of drug-likeness (QED) is 0.777. The minimum atomic E-state index is -0.369. The third-order valence-electron chi connectivity index (χ3n) is 4.14. The molecule has 2 aromatic rings. The van der Waals surface area contributed by atoms with Crippen molar-refractivity contribution in [1.29, 1.82) is 0 Å².